The van der Waals surface area contributed by atoms with Gasteiger partial charge in [-0.15, -0.1) is 0 Å². The SMILES string of the molecule is CCCCNC(=O)[C@@H](CC)N(Cc1ccccc1C)C(=O)CN(c1ccc(Cl)cc1C)S(C)(=O)=O. The average molecular weight is 522 g/mol. The monoisotopic (exact) mass is 521 g/mol. The number of nitrogens with zero attached hydrogens (tertiary/aromatic N) is 2. The van der Waals surface area contributed by atoms with Crippen molar-refractivity contribution in [3.05, 3.63) is 64.2 Å². The number of rotatable bonds is 12. The molecule has 1 N–H and O–H groups in total. The van der Waals surface area contributed by atoms with Gasteiger partial charge in [-0.05, 0) is 61.6 Å². The number of carbonyl (C=O) groups is 2. The van der Waals surface area contributed by atoms with Crippen molar-refractivity contribution in [2.75, 3.05) is 23.7 Å². The molecule has 192 valence electrons. The lowest BCUT2D eigenvalue weighted by molar-refractivity contribution is -0.140. The van der Waals surface area contributed by atoms with Gasteiger partial charge >= 0.3 is 0 Å². The standard InChI is InChI=1S/C26H36ClN3O4S/c1-6-8-15-28-26(32)23(7-2)29(17-21-12-10-9-11-19(21)3)25(31)18-30(35(5,33)34)24-14-13-22(27)16-20(24)4/h9-14,16,23H,6-8,15,17-18H2,1-5H3,(H,28,32)/t23-/m1/s1. The minimum atomic E-state index is -3.79. The Balaban J connectivity index is 2.45. The predicted octanol–water partition coefficient (Wildman–Crippen LogP) is 4.45. The number of carbonyl (C=O) groups excluding carboxylic acids is 2. The molecule has 0 bridgehead atoms. The Morgan fingerprint density at radius 3 is 2.31 bits per heavy atom. The maximum Gasteiger partial charge on any atom is 0.244 e. The van der Waals surface area contributed by atoms with Crippen LogP contribution in [0.3, 0.4) is 0 Å². The summed E-state index contributed by atoms with van der Waals surface area (Å²) in [4.78, 5) is 28.3. The van der Waals surface area contributed by atoms with Crippen LogP contribution in [0, 0.1) is 13.8 Å². The van der Waals surface area contributed by atoms with E-state index in [0.29, 0.717) is 29.2 Å². The summed E-state index contributed by atoms with van der Waals surface area (Å²) >= 11 is 6.06. The van der Waals surface area contributed by atoms with Crippen LogP contribution < -0.4 is 9.62 Å². The fourth-order valence-corrected chi connectivity index (χ4v) is 5.02. The first-order chi connectivity index (χ1) is 16.5. The molecule has 0 aromatic heterocycles. The Bertz CT molecular complexity index is 1140. The summed E-state index contributed by atoms with van der Waals surface area (Å²) in [5.74, 6) is -0.693. The van der Waals surface area contributed by atoms with E-state index in [9.17, 15) is 18.0 Å². The van der Waals surface area contributed by atoms with Crippen LogP contribution in [-0.4, -0.2) is 50.5 Å². The van der Waals surface area contributed by atoms with E-state index in [0.717, 1.165) is 34.5 Å². The number of nitrogens with one attached hydrogen (secondary N) is 1. The van der Waals surface area contributed by atoms with E-state index < -0.39 is 28.5 Å². The summed E-state index contributed by atoms with van der Waals surface area (Å²) in [5.41, 5.74) is 2.89. The second kappa shape index (κ2) is 12.9. The van der Waals surface area contributed by atoms with Crippen molar-refractivity contribution in [3.8, 4) is 0 Å². The molecule has 9 heteroatoms. The van der Waals surface area contributed by atoms with E-state index in [1.165, 1.54) is 4.90 Å². The lowest BCUT2D eigenvalue weighted by atomic mass is 10.1. The Hall–Kier alpha value is -2.58. The summed E-state index contributed by atoms with van der Waals surface area (Å²) < 4.78 is 26.5. The van der Waals surface area contributed by atoms with Gasteiger partial charge in [0, 0.05) is 18.1 Å². The van der Waals surface area contributed by atoms with Crippen LogP contribution in [0.15, 0.2) is 42.5 Å². The molecule has 35 heavy (non-hydrogen) atoms. The van der Waals surface area contributed by atoms with Gasteiger partial charge in [0.1, 0.15) is 12.6 Å². The summed E-state index contributed by atoms with van der Waals surface area (Å²) in [6, 6.07) is 11.8. The molecule has 2 aromatic carbocycles. The minimum Gasteiger partial charge on any atom is -0.354 e. The zero-order valence-electron chi connectivity index (χ0n) is 21.2. The summed E-state index contributed by atoms with van der Waals surface area (Å²) in [6.45, 7) is 7.87. The lowest BCUT2D eigenvalue weighted by Gasteiger charge is -2.33. The third-order valence-electron chi connectivity index (χ3n) is 5.92. The molecule has 0 saturated heterocycles. The molecular weight excluding hydrogens is 486 g/mol. The largest absolute Gasteiger partial charge is 0.354 e. The quantitative estimate of drug-likeness (QED) is 0.418. The van der Waals surface area contributed by atoms with Crippen LogP contribution in [0.2, 0.25) is 5.02 Å². The van der Waals surface area contributed by atoms with Crippen LogP contribution >= 0.6 is 11.6 Å². The highest BCUT2D eigenvalue weighted by Crippen LogP contribution is 2.26. The van der Waals surface area contributed by atoms with Gasteiger partial charge in [0.15, 0.2) is 0 Å². The smallest absolute Gasteiger partial charge is 0.244 e. The fourth-order valence-electron chi connectivity index (χ4n) is 3.89. The predicted molar refractivity (Wildman–Crippen MR) is 142 cm³/mol. The van der Waals surface area contributed by atoms with Crippen LogP contribution in [0.5, 0.6) is 0 Å². The summed E-state index contributed by atoms with van der Waals surface area (Å²) in [6.07, 6.45) is 3.24. The normalized spacial score (nSPS) is 12.2. The van der Waals surface area contributed by atoms with Crippen molar-refractivity contribution >= 4 is 39.1 Å². The van der Waals surface area contributed by atoms with Gasteiger partial charge in [0.2, 0.25) is 21.8 Å². The number of amides is 2. The van der Waals surface area contributed by atoms with Crippen molar-refractivity contribution in [3.63, 3.8) is 0 Å². The molecular formula is C26H36ClN3O4S. The number of anilines is 1. The highest BCUT2D eigenvalue weighted by molar-refractivity contribution is 7.92. The Kier molecular flexibility index (Phi) is 10.6. The van der Waals surface area contributed by atoms with Gasteiger partial charge in [0.05, 0.1) is 11.9 Å². The lowest BCUT2D eigenvalue weighted by Crippen LogP contribution is -2.52. The number of aryl methyl sites for hydroxylation is 2. The topological polar surface area (TPSA) is 86.8 Å². The highest BCUT2D eigenvalue weighted by atomic mass is 35.5. The Morgan fingerprint density at radius 1 is 1.06 bits per heavy atom. The first-order valence-corrected chi connectivity index (χ1v) is 14.1. The Morgan fingerprint density at radius 2 is 1.74 bits per heavy atom. The molecule has 0 heterocycles. The molecule has 0 spiro atoms. The van der Waals surface area contributed by atoms with Crippen molar-refractivity contribution < 1.29 is 18.0 Å². The van der Waals surface area contributed by atoms with E-state index in [-0.39, 0.29) is 12.5 Å². The zero-order chi connectivity index (χ0) is 26.2. The van der Waals surface area contributed by atoms with E-state index in [2.05, 4.69) is 5.32 Å². The average Bonchev–Trinajstić information content (AvgIpc) is 2.78. The van der Waals surface area contributed by atoms with E-state index in [1.807, 2.05) is 45.0 Å². The summed E-state index contributed by atoms with van der Waals surface area (Å²) in [5, 5.41) is 3.40. The van der Waals surface area contributed by atoms with Crippen LogP contribution in [0.1, 0.15) is 49.8 Å². The van der Waals surface area contributed by atoms with Crippen molar-refractivity contribution in [1.82, 2.24) is 10.2 Å². The molecule has 0 aliphatic heterocycles. The van der Waals surface area contributed by atoms with Crippen molar-refractivity contribution in [1.29, 1.82) is 0 Å². The molecule has 0 fully saturated rings. The molecule has 0 saturated carbocycles. The molecule has 2 rings (SSSR count). The van der Waals surface area contributed by atoms with Gasteiger partial charge < -0.3 is 10.2 Å². The Labute approximate surface area is 214 Å². The van der Waals surface area contributed by atoms with E-state index in [4.69, 9.17) is 11.6 Å². The minimum absolute atomic E-state index is 0.197. The molecule has 7 nitrogen and oxygen atoms in total. The fraction of sp³-hybridized carbons (Fsp3) is 0.462. The number of benzene rings is 2. The molecule has 2 amide bonds. The second-order valence-electron chi connectivity index (χ2n) is 8.72. The number of hydrogen-bond acceptors (Lipinski definition) is 4. The van der Waals surface area contributed by atoms with Gasteiger partial charge in [-0.3, -0.25) is 13.9 Å². The number of halogens is 1. The third-order valence-corrected chi connectivity index (χ3v) is 7.29. The number of sulfonamides is 1. The number of unbranched alkanes of at least 4 members (excludes halogenated alkanes) is 1. The molecule has 1 atom stereocenters. The zero-order valence-corrected chi connectivity index (χ0v) is 22.7. The third kappa shape index (κ3) is 7.97. The van der Waals surface area contributed by atoms with Crippen molar-refractivity contribution in [2.24, 2.45) is 0 Å². The highest BCUT2D eigenvalue weighted by Gasteiger charge is 2.32. The molecule has 0 aliphatic carbocycles. The van der Waals surface area contributed by atoms with E-state index in [1.54, 1.807) is 25.1 Å². The first kappa shape index (κ1) is 28.7. The van der Waals surface area contributed by atoms with Crippen molar-refractivity contribution in [2.45, 2.75) is 59.5 Å². The van der Waals surface area contributed by atoms with E-state index >= 15 is 0 Å². The maximum atomic E-state index is 13.7. The van der Waals surface area contributed by atoms with Gasteiger partial charge in [-0.25, -0.2) is 8.42 Å². The van der Waals surface area contributed by atoms with Gasteiger partial charge in [-0.1, -0.05) is 56.1 Å². The van der Waals surface area contributed by atoms with Crippen LogP contribution in [0.4, 0.5) is 5.69 Å². The van der Waals surface area contributed by atoms with Gasteiger partial charge in [0.25, 0.3) is 0 Å². The summed E-state index contributed by atoms with van der Waals surface area (Å²) in [7, 11) is -3.79. The van der Waals surface area contributed by atoms with Crippen LogP contribution in [0.25, 0.3) is 0 Å². The molecule has 0 aliphatic rings. The number of hydrogen-bond donors (Lipinski definition) is 1. The first-order valence-electron chi connectivity index (χ1n) is 11.8. The maximum absolute atomic E-state index is 13.7. The van der Waals surface area contributed by atoms with Crippen LogP contribution in [-0.2, 0) is 26.2 Å². The van der Waals surface area contributed by atoms with Gasteiger partial charge in [-0.2, -0.15) is 0 Å². The second-order valence-corrected chi connectivity index (χ2v) is 11.1. The molecule has 0 radical (unpaired) electrons. The molecule has 2 aromatic rings. The molecule has 0 unspecified atom stereocenters.